The molecule has 0 aliphatic heterocycles. The summed E-state index contributed by atoms with van der Waals surface area (Å²) in [6.45, 7) is 13.0. The normalized spacial score (nSPS) is 10.5. The minimum atomic E-state index is 0.388. The summed E-state index contributed by atoms with van der Waals surface area (Å²) in [6, 6.07) is 17.5. The van der Waals surface area contributed by atoms with Gasteiger partial charge in [-0.15, -0.1) is 0 Å². The lowest BCUT2D eigenvalue weighted by Gasteiger charge is -2.16. The van der Waals surface area contributed by atoms with E-state index in [1.807, 2.05) is 89.2 Å². The molecule has 0 saturated heterocycles. The zero-order valence-electron chi connectivity index (χ0n) is 21.4. The van der Waals surface area contributed by atoms with E-state index in [0.717, 1.165) is 51.2 Å². The Morgan fingerprint density at radius 3 is 1.14 bits per heavy atom. The summed E-state index contributed by atoms with van der Waals surface area (Å²) in [5, 5.41) is 0. The van der Waals surface area contributed by atoms with E-state index in [0.29, 0.717) is 39.6 Å². The molecule has 0 amide bonds. The van der Waals surface area contributed by atoms with Crippen molar-refractivity contribution >= 4 is 0 Å². The SMILES string of the molecule is CCOc1cc(COc2cccc(OCc3cc(OCC)cc(OCC)c3)c2C)cc(OCC)c1. The molecule has 0 aliphatic rings. The maximum Gasteiger partial charge on any atom is 0.126 e. The molecule has 0 unspecified atom stereocenters. The van der Waals surface area contributed by atoms with E-state index in [4.69, 9.17) is 28.4 Å². The van der Waals surface area contributed by atoms with E-state index in [-0.39, 0.29) is 0 Å². The summed E-state index contributed by atoms with van der Waals surface area (Å²) in [5.74, 6) is 4.61. The zero-order chi connectivity index (χ0) is 25.0. The van der Waals surface area contributed by atoms with Gasteiger partial charge in [0.15, 0.2) is 0 Å². The number of hydrogen-bond acceptors (Lipinski definition) is 6. The summed E-state index contributed by atoms with van der Waals surface area (Å²) >= 11 is 0. The molecule has 0 N–H and O–H groups in total. The standard InChI is InChI=1S/C29H36O6/c1-6-30-24-13-22(14-25(17-24)31-7-2)19-34-28-11-10-12-29(21(28)5)35-20-23-15-26(32-8-3)18-27(16-23)33-9-4/h10-18H,6-9,19-20H2,1-5H3. The Balaban J connectivity index is 1.70. The predicted molar refractivity (Wildman–Crippen MR) is 137 cm³/mol. The Morgan fingerprint density at radius 2 is 0.829 bits per heavy atom. The van der Waals surface area contributed by atoms with Crippen molar-refractivity contribution in [3.8, 4) is 34.5 Å². The first kappa shape index (κ1) is 26.1. The second-order valence-corrected chi connectivity index (χ2v) is 7.81. The molecule has 0 aromatic heterocycles. The van der Waals surface area contributed by atoms with E-state index in [9.17, 15) is 0 Å². The number of ether oxygens (including phenoxy) is 6. The lowest BCUT2D eigenvalue weighted by molar-refractivity contribution is 0.281. The molecule has 0 radical (unpaired) electrons. The molecule has 6 nitrogen and oxygen atoms in total. The first-order valence-electron chi connectivity index (χ1n) is 12.2. The molecular formula is C29H36O6. The highest BCUT2D eigenvalue weighted by Crippen LogP contribution is 2.31. The summed E-state index contributed by atoms with van der Waals surface area (Å²) in [5.41, 5.74) is 2.88. The molecule has 3 rings (SSSR count). The molecule has 0 saturated carbocycles. The summed E-state index contributed by atoms with van der Waals surface area (Å²) in [4.78, 5) is 0. The van der Waals surface area contributed by atoms with Crippen LogP contribution in [0, 0.1) is 6.92 Å². The molecule has 0 aliphatic carbocycles. The quantitative estimate of drug-likeness (QED) is 0.254. The summed E-state index contributed by atoms with van der Waals surface area (Å²) < 4.78 is 35.0. The number of rotatable bonds is 14. The van der Waals surface area contributed by atoms with Crippen LogP contribution in [0.4, 0.5) is 0 Å². The van der Waals surface area contributed by atoms with Crippen molar-refractivity contribution in [1.82, 2.24) is 0 Å². The Labute approximate surface area is 208 Å². The second kappa shape index (κ2) is 13.4. The van der Waals surface area contributed by atoms with Gasteiger partial charge >= 0.3 is 0 Å². The van der Waals surface area contributed by atoms with Crippen molar-refractivity contribution in [2.75, 3.05) is 26.4 Å². The molecule has 188 valence electrons. The van der Waals surface area contributed by atoms with Crippen LogP contribution in [0.15, 0.2) is 54.6 Å². The van der Waals surface area contributed by atoms with Gasteiger partial charge in [0.2, 0.25) is 0 Å². The van der Waals surface area contributed by atoms with Crippen LogP contribution in [-0.2, 0) is 13.2 Å². The number of hydrogen-bond donors (Lipinski definition) is 0. The minimum Gasteiger partial charge on any atom is -0.494 e. The van der Waals surface area contributed by atoms with Crippen LogP contribution in [0.2, 0.25) is 0 Å². The maximum atomic E-state index is 6.15. The highest BCUT2D eigenvalue weighted by molar-refractivity contribution is 5.45. The van der Waals surface area contributed by atoms with Crippen molar-refractivity contribution in [2.24, 2.45) is 0 Å². The van der Waals surface area contributed by atoms with Crippen molar-refractivity contribution in [3.63, 3.8) is 0 Å². The summed E-state index contributed by atoms with van der Waals surface area (Å²) in [7, 11) is 0. The fourth-order valence-corrected chi connectivity index (χ4v) is 3.66. The molecule has 6 heteroatoms. The van der Waals surface area contributed by atoms with Gasteiger partial charge in [0, 0.05) is 17.7 Å². The van der Waals surface area contributed by atoms with Crippen molar-refractivity contribution in [1.29, 1.82) is 0 Å². The fourth-order valence-electron chi connectivity index (χ4n) is 3.66. The van der Waals surface area contributed by atoms with Crippen LogP contribution in [0.1, 0.15) is 44.4 Å². The van der Waals surface area contributed by atoms with Gasteiger partial charge in [-0.05, 0) is 82.1 Å². The lowest BCUT2D eigenvalue weighted by Crippen LogP contribution is -2.03. The predicted octanol–water partition coefficient (Wildman–Crippen LogP) is 6.75. The first-order chi connectivity index (χ1) is 17.1. The third kappa shape index (κ3) is 7.74. The number of benzene rings is 3. The second-order valence-electron chi connectivity index (χ2n) is 7.81. The third-order valence-electron chi connectivity index (χ3n) is 5.15. The van der Waals surface area contributed by atoms with Crippen molar-refractivity contribution in [3.05, 3.63) is 71.3 Å². The molecule has 0 heterocycles. The molecule has 35 heavy (non-hydrogen) atoms. The molecule has 3 aromatic rings. The van der Waals surface area contributed by atoms with Crippen LogP contribution in [0.5, 0.6) is 34.5 Å². The Kier molecular flexibility index (Phi) is 9.96. The van der Waals surface area contributed by atoms with Gasteiger partial charge in [0.05, 0.1) is 26.4 Å². The summed E-state index contributed by atoms with van der Waals surface area (Å²) in [6.07, 6.45) is 0. The highest BCUT2D eigenvalue weighted by Gasteiger charge is 2.10. The van der Waals surface area contributed by atoms with Crippen LogP contribution in [0.3, 0.4) is 0 Å². The van der Waals surface area contributed by atoms with Gasteiger partial charge in [0.1, 0.15) is 47.7 Å². The van der Waals surface area contributed by atoms with E-state index < -0.39 is 0 Å². The van der Waals surface area contributed by atoms with Gasteiger partial charge in [0.25, 0.3) is 0 Å². The van der Waals surface area contributed by atoms with Gasteiger partial charge in [-0.3, -0.25) is 0 Å². The van der Waals surface area contributed by atoms with E-state index in [2.05, 4.69) is 0 Å². The van der Waals surface area contributed by atoms with E-state index in [1.54, 1.807) is 0 Å². The minimum absolute atomic E-state index is 0.388. The average molecular weight is 481 g/mol. The topological polar surface area (TPSA) is 55.4 Å². The smallest absolute Gasteiger partial charge is 0.126 e. The Bertz CT molecular complexity index is 949. The molecule has 0 atom stereocenters. The third-order valence-corrected chi connectivity index (χ3v) is 5.15. The van der Waals surface area contributed by atoms with Gasteiger partial charge < -0.3 is 28.4 Å². The van der Waals surface area contributed by atoms with Gasteiger partial charge in [-0.1, -0.05) is 6.07 Å². The molecule has 0 bridgehead atoms. The molecule has 3 aromatic carbocycles. The zero-order valence-corrected chi connectivity index (χ0v) is 21.4. The maximum absolute atomic E-state index is 6.15. The molecule has 0 fully saturated rings. The van der Waals surface area contributed by atoms with Crippen LogP contribution < -0.4 is 28.4 Å². The average Bonchev–Trinajstić information content (AvgIpc) is 2.83. The van der Waals surface area contributed by atoms with E-state index in [1.165, 1.54) is 0 Å². The lowest BCUT2D eigenvalue weighted by atomic mass is 10.2. The first-order valence-corrected chi connectivity index (χ1v) is 12.2. The van der Waals surface area contributed by atoms with Crippen LogP contribution in [-0.4, -0.2) is 26.4 Å². The van der Waals surface area contributed by atoms with E-state index >= 15 is 0 Å². The Hall–Kier alpha value is -3.54. The van der Waals surface area contributed by atoms with Crippen LogP contribution >= 0.6 is 0 Å². The van der Waals surface area contributed by atoms with Gasteiger partial charge in [-0.2, -0.15) is 0 Å². The molecular weight excluding hydrogens is 444 g/mol. The van der Waals surface area contributed by atoms with Crippen molar-refractivity contribution in [2.45, 2.75) is 47.8 Å². The monoisotopic (exact) mass is 480 g/mol. The molecule has 0 spiro atoms. The fraction of sp³-hybridized carbons (Fsp3) is 0.379. The van der Waals surface area contributed by atoms with Crippen LogP contribution in [0.25, 0.3) is 0 Å². The Morgan fingerprint density at radius 1 is 0.486 bits per heavy atom. The largest absolute Gasteiger partial charge is 0.494 e. The van der Waals surface area contributed by atoms with Gasteiger partial charge in [-0.25, -0.2) is 0 Å². The van der Waals surface area contributed by atoms with Crippen molar-refractivity contribution < 1.29 is 28.4 Å². The highest BCUT2D eigenvalue weighted by atomic mass is 16.5.